The minimum atomic E-state index is -0.958. The Morgan fingerprint density at radius 2 is 1.94 bits per heavy atom. The Kier molecular flexibility index (Phi) is 7.49. The largest absolute Gasteiger partial charge is 0.472 e. The van der Waals surface area contributed by atoms with Crippen molar-refractivity contribution < 1.29 is 14.6 Å². The number of hydrogen-bond acceptors (Lipinski definition) is 6. The Morgan fingerprint density at radius 3 is 2.51 bits per heavy atom. The summed E-state index contributed by atoms with van der Waals surface area (Å²) < 4.78 is 5.41. The van der Waals surface area contributed by atoms with Crippen molar-refractivity contribution in [3.8, 4) is 11.1 Å². The predicted octanol–water partition coefficient (Wildman–Crippen LogP) is 3.76. The first kappa shape index (κ1) is 26.0. The van der Waals surface area contributed by atoms with Crippen LogP contribution >= 0.6 is 0 Å². The topological polar surface area (TPSA) is 86.1 Å². The number of furan rings is 1. The lowest BCUT2D eigenvalue weighted by atomic mass is 9.59. The summed E-state index contributed by atoms with van der Waals surface area (Å²) in [7, 11) is 8.23. The van der Waals surface area contributed by atoms with E-state index in [0.717, 1.165) is 36.8 Å². The molecule has 4 rings (SSSR count). The maximum absolute atomic E-state index is 12.2. The quantitative estimate of drug-likeness (QED) is 0.498. The summed E-state index contributed by atoms with van der Waals surface area (Å²) in [6.07, 6.45) is 7.62. The molecule has 1 unspecified atom stereocenters. The number of anilines is 1. The molecule has 0 aliphatic heterocycles. The number of rotatable bonds is 8. The molecule has 192 valence electrons. The zero-order valence-corrected chi connectivity index (χ0v) is 22.3. The number of benzene rings is 1. The summed E-state index contributed by atoms with van der Waals surface area (Å²) in [5, 5.41) is 22.5. The molecule has 1 aromatic heterocycles. The molecule has 0 bridgehead atoms. The highest BCUT2D eigenvalue weighted by molar-refractivity contribution is 5.76. The molecule has 0 amide bonds. The number of aliphatic hydroxyl groups excluding tert-OH is 1. The predicted molar refractivity (Wildman–Crippen MR) is 143 cm³/mol. The SMILES string of the molecule is CC1=C2Cc3c(C)c(-c4ccoc4)cc(N(C)C)c3C[C@H]2C[C@@H]([C@@H](CO)N(C)C)C1(O)CCCN. The molecule has 0 saturated heterocycles. The summed E-state index contributed by atoms with van der Waals surface area (Å²) in [4.78, 5) is 4.29. The third kappa shape index (κ3) is 4.46. The molecule has 0 fully saturated rings. The number of nitrogens with zero attached hydrogens (tertiary/aromatic N) is 2. The van der Waals surface area contributed by atoms with Crippen molar-refractivity contribution in [1.82, 2.24) is 4.90 Å². The van der Waals surface area contributed by atoms with Gasteiger partial charge in [0, 0.05) is 37.3 Å². The van der Waals surface area contributed by atoms with Gasteiger partial charge in [0.2, 0.25) is 0 Å². The maximum atomic E-state index is 12.2. The van der Waals surface area contributed by atoms with Gasteiger partial charge in [0.15, 0.2) is 0 Å². The first-order valence-corrected chi connectivity index (χ1v) is 12.9. The van der Waals surface area contributed by atoms with Crippen LogP contribution in [0.3, 0.4) is 0 Å². The summed E-state index contributed by atoms with van der Waals surface area (Å²) in [5.41, 5.74) is 15.0. The van der Waals surface area contributed by atoms with Gasteiger partial charge in [-0.3, -0.25) is 0 Å². The van der Waals surface area contributed by atoms with Crippen LogP contribution < -0.4 is 10.6 Å². The fourth-order valence-corrected chi connectivity index (χ4v) is 6.76. The highest BCUT2D eigenvalue weighted by Gasteiger charge is 2.49. The Morgan fingerprint density at radius 1 is 1.20 bits per heavy atom. The molecule has 2 aliphatic rings. The third-order valence-electron chi connectivity index (χ3n) is 8.80. The molecule has 35 heavy (non-hydrogen) atoms. The molecule has 0 radical (unpaired) electrons. The highest BCUT2D eigenvalue weighted by Crippen LogP contribution is 2.51. The molecule has 0 spiro atoms. The van der Waals surface area contributed by atoms with E-state index in [-0.39, 0.29) is 18.6 Å². The van der Waals surface area contributed by atoms with Crippen molar-refractivity contribution in [2.45, 2.75) is 57.6 Å². The van der Waals surface area contributed by atoms with Gasteiger partial charge in [0.05, 0.1) is 24.7 Å². The van der Waals surface area contributed by atoms with Crippen LogP contribution in [0.4, 0.5) is 5.69 Å². The lowest BCUT2D eigenvalue weighted by molar-refractivity contribution is -0.0568. The summed E-state index contributed by atoms with van der Waals surface area (Å²) in [6, 6.07) is 4.22. The molecule has 2 aliphatic carbocycles. The molecule has 1 aromatic carbocycles. The minimum Gasteiger partial charge on any atom is -0.472 e. The normalized spacial score (nSPS) is 25.0. The monoisotopic (exact) mass is 481 g/mol. The standard InChI is InChI=1S/C29H43N3O3/c1-18-22(20-8-11-35-17-20)15-27(31(3)4)25-12-21-13-26(28(16-33)32(5)6)29(34,9-7-10-30)19(2)24(21)14-23(18)25/h8,11,15,17,21,26,28,33-34H,7,9-10,12-14,16,30H2,1-6H3/t21-,26-,28+,29?/m0/s1. The zero-order valence-electron chi connectivity index (χ0n) is 22.3. The lowest BCUT2D eigenvalue weighted by Gasteiger charge is -2.51. The van der Waals surface area contributed by atoms with Gasteiger partial charge in [0.25, 0.3) is 0 Å². The van der Waals surface area contributed by atoms with Crippen LogP contribution in [0.5, 0.6) is 0 Å². The highest BCUT2D eigenvalue weighted by atomic mass is 16.3. The van der Waals surface area contributed by atoms with Crippen molar-refractivity contribution in [2.75, 3.05) is 46.2 Å². The van der Waals surface area contributed by atoms with E-state index in [1.807, 2.05) is 26.4 Å². The van der Waals surface area contributed by atoms with Gasteiger partial charge in [0.1, 0.15) is 0 Å². The average Bonchev–Trinajstić information content (AvgIpc) is 3.35. The second kappa shape index (κ2) is 10.1. The van der Waals surface area contributed by atoms with E-state index < -0.39 is 5.60 Å². The minimum absolute atomic E-state index is 0.0324. The van der Waals surface area contributed by atoms with Gasteiger partial charge in [-0.05, 0) is 112 Å². The molecule has 6 nitrogen and oxygen atoms in total. The van der Waals surface area contributed by atoms with E-state index in [9.17, 15) is 10.2 Å². The van der Waals surface area contributed by atoms with E-state index in [0.29, 0.717) is 18.9 Å². The van der Waals surface area contributed by atoms with Crippen LogP contribution in [0.2, 0.25) is 0 Å². The van der Waals surface area contributed by atoms with Crippen LogP contribution in [-0.2, 0) is 12.8 Å². The molecule has 0 saturated carbocycles. The van der Waals surface area contributed by atoms with Crippen molar-refractivity contribution in [1.29, 1.82) is 0 Å². The van der Waals surface area contributed by atoms with E-state index in [1.54, 1.807) is 6.26 Å². The summed E-state index contributed by atoms with van der Waals surface area (Å²) >= 11 is 0. The van der Waals surface area contributed by atoms with Crippen molar-refractivity contribution in [2.24, 2.45) is 17.6 Å². The number of aliphatic hydroxyl groups is 2. The third-order valence-corrected chi connectivity index (χ3v) is 8.80. The molecule has 4 atom stereocenters. The first-order chi connectivity index (χ1) is 16.6. The molecule has 4 N–H and O–H groups in total. The van der Waals surface area contributed by atoms with E-state index >= 15 is 0 Å². The van der Waals surface area contributed by atoms with Crippen molar-refractivity contribution in [3.05, 3.63) is 52.5 Å². The number of likely N-dealkylation sites (N-methyl/N-ethyl adjacent to an activating group) is 1. The molecule has 2 aromatic rings. The van der Waals surface area contributed by atoms with Gasteiger partial charge in [-0.2, -0.15) is 0 Å². The molecular weight excluding hydrogens is 438 g/mol. The average molecular weight is 482 g/mol. The van der Waals surface area contributed by atoms with Gasteiger partial charge < -0.3 is 30.2 Å². The fourth-order valence-electron chi connectivity index (χ4n) is 6.76. The van der Waals surface area contributed by atoms with Crippen LogP contribution in [0.1, 0.15) is 42.9 Å². The van der Waals surface area contributed by atoms with Crippen molar-refractivity contribution in [3.63, 3.8) is 0 Å². The summed E-state index contributed by atoms with van der Waals surface area (Å²) in [6.45, 7) is 4.93. The first-order valence-electron chi connectivity index (χ1n) is 12.9. The smallest absolute Gasteiger partial charge is 0.0981 e. The number of allylic oxidation sites excluding steroid dienone is 1. The van der Waals surface area contributed by atoms with Crippen LogP contribution in [0, 0.1) is 18.8 Å². The van der Waals surface area contributed by atoms with E-state index in [4.69, 9.17) is 10.2 Å². The van der Waals surface area contributed by atoms with Gasteiger partial charge in [-0.25, -0.2) is 0 Å². The Labute approximate surface area is 210 Å². The zero-order chi connectivity index (χ0) is 25.5. The fraction of sp³-hybridized carbons (Fsp3) is 0.586. The molecule has 6 heteroatoms. The van der Waals surface area contributed by atoms with Gasteiger partial charge in [-0.1, -0.05) is 5.57 Å². The number of fused-ring (bicyclic) bond motifs is 2. The Balaban J connectivity index is 1.86. The van der Waals surface area contributed by atoms with Crippen LogP contribution in [0.15, 0.2) is 40.2 Å². The second-order valence-electron chi connectivity index (χ2n) is 11.0. The Bertz CT molecular complexity index is 1070. The van der Waals surface area contributed by atoms with Gasteiger partial charge >= 0.3 is 0 Å². The van der Waals surface area contributed by atoms with Crippen LogP contribution in [0.25, 0.3) is 11.1 Å². The maximum Gasteiger partial charge on any atom is 0.0981 e. The molecule has 1 heterocycles. The number of nitrogens with two attached hydrogens (primary N) is 1. The Hall–Kier alpha value is -2.12. The molecular formula is C29H43N3O3. The second-order valence-corrected chi connectivity index (χ2v) is 11.0. The van der Waals surface area contributed by atoms with E-state index in [1.165, 1.54) is 33.5 Å². The summed E-state index contributed by atoms with van der Waals surface area (Å²) in [5.74, 6) is 0.316. The van der Waals surface area contributed by atoms with Crippen LogP contribution in [-0.4, -0.2) is 68.1 Å². The van der Waals surface area contributed by atoms with Gasteiger partial charge in [-0.15, -0.1) is 0 Å². The van der Waals surface area contributed by atoms with E-state index in [2.05, 4.69) is 43.8 Å². The van der Waals surface area contributed by atoms with Crippen molar-refractivity contribution >= 4 is 5.69 Å². The number of hydrogen-bond donors (Lipinski definition) is 3. The lowest BCUT2D eigenvalue weighted by Crippen LogP contribution is -2.55.